The van der Waals surface area contributed by atoms with Crippen LogP contribution in [0.3, 0.4) is 0 Å². The van der Waals surface area contributed by atoms with Gasteiger partial charge < -0.3 is 0 Å². The van der Waals surface area contributed by atoms with E-state index >= 15 is 0 Å². The van der Waals surface area contributed by atoms with Crippen molar-refractivity contribution in [2.24, 2.45) is 17.8 Å². The summed E-state index contributed by atoms with van der Waals surface area (Å²) < 4.78 is 0. The van der Waals surface area contributed by atoms with Crippen molar-refractivity contribution in [2.45, 2.75) is 64.7 Å². The molecule has 0 spiro atoms. The summed E-state index contributed by atoms with van der Waals surface area (Å²) >= 11 is 6.97. The monoisotopic (exact) mass is 290 g/mol. The van der Waals surface area contributed by atoms with Gasteiger partial charge in [-0.25, -0.2) is 0 Å². The molecule has 0 nitrogen and oxygen atoms in total. The molecule has 0 aromatic heterocycles. The van der Waals surface area contributed by atoms with Crippen LogP contribution >= 0.6 is 11.6 Å². The Balaban J connectivity index is 1.94. The van der Waals surface area contributed by atoms with E-state index in [1.54, 1.807) is 0 Å². The van der Waals surface area contributed by atoms with Crippen LogP contribution in [0.2, 0.25) is 0 Å². The highest BCUT2D eigenvalue weighted by Crippen LogP contribution is 2.64. The summed E-state index contributed by atoms with van der Waals surface area (Å²) in [5.41, 5.74) is 5.98. The van der Waals surface area contributed by atoms with E-state index in [2.05, 4.69) is 32.9 Å². The predicted octanol–water partition coefficient (Wildman–Crippen LogP) is 5.70. The molecule has 2 fully saturated rings. The van der Waals surface area contributed by atoms with Gasteiger partial charge in [-0.15, -0.1) is 11.6 Å². The van der Waals surface area contributed by atoms with Crippen molar-refractivity contribution >= 4 is 11.6 Å². The van der Waals surface area contributed by atoms with Crippen LogP contribution in [0.1, 0.15) is 67.7 Å². The van der Waals surface area contributed by atoms with Gasteiger partial charge in [0.1, 0.15) is 0 Å². The molecule has 0 amide bonds. The van der Waals surface area contributed by atoms with E-state index in [1.165, 1.54) is 41.5 Å². The average molecular weight is 291 g/mol. The summed E-state index contributed by atoms with van der Waals surface area (Å²) in [6.07, 6.45) is 7.64. The van der Waals surface area contributed by atoms with Gasteiger partial charge >= 0.3 is 0 Å². The van der Waals surface area contributed by atoms with Gasteiger partial charge in [-0.05, 0) is 72.1 Å². The normalized spacial score (nSPS) is 29.3. The van der Waals surface area contributed by atoms with Crippen LogP contribution in [-0.4, -0.2) is 0 Å². The second kappa shape index (κ2) is 5.72. The summed E-state index contributed by atoms with van der Waals surface area (Å²) in [7, 11) is 0. The van der Waals surface area contributed by atoms with Crippen molar-refractivity contribution in [2.75, 3.05) is 0 Å². The van der Waals surface area contributed by atoms with Crippen molar-refractivity contribution in [3.8, 4) is 0 Å². The van der Waals surface area contributed by atoms with Gasteiger partial charge in [0.05, 0.1) is 5.38 Å². The summed E-state index contributed by atoms with van der Waals surface area (Å²) in [4.78, 5) is 0. The lowest BCUT2D eigenvalue weighted by Crippen LogP contribution is -2.07. The zero-order valence-corrected chi connectivity index (χ0v) is 13.8. The molecule has 1 aromatic carbocycles. The molecular weight excluding hydrogens is 264 g/mol. The highest BCUT2D eigenvalue weighted by molar-refractivity contribution is 6.21. The molecule has 0 saturated heterocycles. The third-order valence-corrected chi connectivity index (χ3v) is 6.18. The lowest BCUT2D eigenvalue weighted by atomic mass is 9.89. The Hall–Kier alpha value is -0.490. The van der Waals surface area contributed by atoms with Gasteiger partial charge in [-0.1, -0.05) is 39.3 Å². The van der Waals surface area contributed by atoms with Crippen LogP contribution in [-0.2, 0) is 19.3 Å². The number of hydrogen-bond acceptors (Lipinski definition) is 0. The molecule has 1 heteroatoms. The van der Waals surface area contributed by atoms with Crippen molar-refractivity contribution in [1.82, 2.24) is 0 Å². The van der Waals surface area contributed by atoms with E-state index in [0.717, 1.165) is 37.0 Å². The molecule has 0 aliphatic heterocycles. The Kier molecular flexibility index (Phi) is 4.13. The Morgan fingerprint density at radius 1 is 1.00 bits per heavy atom. The van der Waals surface area contributed by atoms with E-state index in [0.29, 0.717) is 0 Å². The van der Waals surface area contributed by atoms with E-state index < -0.39 is 0 Å². The summed E-state index contributed by atoms with van der Waals surface area (Å²) in [5, 5.41) is 0.265. The van der Waals surface area contributed by atoms with Gasteiger partial charge in [-0.3, -0.25) is 0 Å². The zero-order chi connectivity index (χ0) is 14.3. The number of hydrogen-bond donors (Lipinski definition) is 0. The molecule has 3 atom stereocenters. The third-order valence-electron chi connectivity index (χ3n) is 5.67. The van der Waals surface area contributed by atoms with Crippen LogP contribution in [0.4, 0.5) is 0 Å². The fourth-order valence-corrected chi connectivity index (χ4v) is 5.15. The maximum absolute atomic E-state index is 6.97. The van der Waals surface area contributed by atoms with Crippen molar-refractivity contribution in [3.05, 3.63) is 34.4 Å². The minimum Gasteiger partial charge on any atom is -0.117 e. The van der Waals surface area contributed by atoms with Crippen LogP contribution in [0.5, 0.6) is 0 Å². The first-order valence-corrected chi connectivity index (χ1v) is 8.93. The van der Waals surface area contributed by atoms with Gasteiger partial charge in [-0.2, -0.15) is 0 Å². The summed E-state index contributed by atoms with van der Waals surface area (Å²) in [6.45, 7) is 6.79. The van der Waals surface area contributed by atoms with Crippen LogP contribution < -0.4 is 0 Å². The first-order chi connectivity index (χ1) is 9.71. The predicted molar refractivity (Wildman–Crippen MR) is 87.5 cm³/mol. The van der Waals surface area contributed by atoms with Gasteiger partial charge in [0.25, 0.3) is 0 Å². The number of rotatable bonds is 5. The quantitative estimate of drug-likeness (QED) is 0.610. The van der Waals surface area contributed by atoms with E-state index in [-0.39, 0.29) is 5.38 Å². The minimum absolute atomic E-state index is 0.265. The molecule has 20 heavy (non-hydrogen) atoms. The molecule has 0 N–H and O–H groups in total. The summed E-state index contributed by atoms with van der Waals surface area (Å²) in [6, 6.07) is 4.81. The topological polar surface area (TPSA) is 0 Å². The van der Waals surface area contributed by atoms with E-state index in [1.807, 2.05) is 0 Å². The average Bonchev–Trinajstić information content (AvgIpc) is 2.97. The lowest BCUT2D eigenvalue weighted by Gasteiger charge is -2.21. The van der Waals surface area contributed by atoms with Crippen LogP contribution in [0.25, 0.3) is 0 Å². The first kappa shape index (κ1) is 14.4. The van der Waals surface area contributed by atoms with E-state index in [9.17, 15) is 0 Å². The molecule has 1 aromatic rings. The Bertz CT molecular complexity index is 456. The molecule has 2 saturated carbocycles. The number of halogens is 1. The molecule has 2 aliphatic carbocycles. The van der Waals surface area contributed by atoms with Crippen LogP contribution in [0, 0.1) is 17.8 Å². The second-order valence-corrected chi connectivity index (χ2v) is 7.10. The van der Waals surface area contributed by atoms with Gasteiger partial charge in [0.15, 0.2) is 0 Å². The molecule has 3 rings (SSSR count). The van der Waals surface area contributed by atoms with Gasteiger partial charge in [0, 0.05) is 0 Å². The minimum atomic E-state index is 0.265. The fourth-order valence-electron chi connectivity index (χ4n) is 4.50. The smallest absolute Gasteiger partial charge is 0.0624 e. The second-order valence-electron chi connectivity index (χ2n) is 6.63. The van der Waals surface area contributed by atoms with Crippen molar-refractivity contribution in [1.29, 1.82) is 0 Å². The van der Waals surface area contributed by atoms with Crippen LogP contribution in [0.15, 0.2) is 12.1 Å². The van der Waals surface area contributed by atoms with E-state index in [4.69, 9.17) is 11.6 Å². The highest BCUT2D eigenvalue weighted by Gasteiger charge is 2.56. The summed E-state index contributed by atoms with van der Waals surface area (Å²) in [5.74, 6) is 2.66. The fraction of sp³-hybridized carbons (Fsp3) is 0.684. The lowest BCUT2D eigenvalue weighted by molar-refractivity contribution is 0.569. The highest BCUT2D eigenvalue weighted by atomic mass is 35.5. The molecule has 0 heterocycles. The molecule has 0 bridgehead atoms. The van der Waals surface area contributed by atoms with Gasteiger partial charge in [0.2, 0.25) is 0 Å². The standard InChI is InChI=1S/C19H27Cl/c1-4-12-10-13(5-2)17(14(6-3)11-12)19(20)18-15-8-7-9-16(15)18/h10-11,15-16,18-19H,4-9H2,1-3H3. The number of alkyl halides is 1. The van der Waals surface area contributed by atoms with Crippen molar-refractivity contribution in [3.63, 3.8) is 0 Å². The Morgan fingerprint density at radius 3 is 2.00 bits per heavy atom. The third kappa shape index (κ3) is 2.30. The molecule has 3 unspecified atom stereocenters. The SMILES string of the molecule is CCc1cc(CC)c(C(Cl)C2C3CCCC32)c(CC)c1. The zero-order valence-electron chi connectivity index (χ0n) is 13.1. The molecule has 110 valence electrons. The Morgan fingerprint density at radius 2 is 1.55 bits per heavy atom. The maximum Gasteiger partial charge on any atom is 0.0624 e. The molecule has 0 radical (unpaired) electrons. The number of fused-ring (bicyclic) bond motifs is 1. The largest absolute Gasteiger partial charge is 0.117 e. The first-order valence-electron chi connectivity index (χ1n) is 8.49. The number of aryl methyl sites for hydroxylation is 3. The molecule has 2 aliphatic rings. The maximum atomic E-state index is 6.97. The number of benzene rings is 1. The molecular formula is C19H27Cl. The van der Waals surface area contributed by atoms with Crippen molar-refractivity contribution < 1.29 is 0 Å². The Labute approximate surface area is 128 Å².